The third kappa shape index (κ3) is 10.9. The van der Waals surface area contributed by atoms with E-state index in [1.807, 2.05) is 0 Å². The van der Waals surface area contributed by atoms with Crippen LogP contribution in [0.1, 0.15) is 133 Å². The van der Waals surface area contributed by atoms with E-state index in [9.17, 15) is 0 Å². The van der Waals surface area contributed by atoms with Gasteiger partial charge in [0.1, 0.15) is 5.69 Å². The Bertz CT molecular complexity index is 1300. The molecule has 3 rings (SSSR count). The molecule has 0 saturated carbocycles. The smallest absolute Gasteiger partial charge is 0.0906 e. The number of nitrogens with zero attached hydrogens (tertiary/aromatic N) is 2. The average Bonchev–Trinajstić information content (AvgIpc) is 3.03. The molecule has 3 aromatic rings. The second-order valence-corrected chi connectivity index (χ2v) is 12.3. The number of azo groups is 2. The molecule has 43 heavy (non-hydrogen) atoms. The number of aryl methyl sites for hydroxylation is 3. The summed E-state index contributed by atoms with van der Waals surface area (Å²) in [6, 6.07) is 22.8. The van der Waals surface area contributed by atoms with Crippen LogP contribution in [0.25, 0.3) is 17.2 Å². The van der Waals surface area contributed by atoms with Crippen LogP contribution in [0, 0.1) is 0 Å². The van der Waals surface area contributed by atoms with Crippen LogP contribution in [0.15, 0.2) is 71.5 Å². The van der Waals surface area contributed by atoms with Crippen molar-refractivity contribution in [2.75, 3.05) is 7.05 Å². The van der Waals surface area contributed by atoms with Gasteiger partial charge in [0, 0.05) is 12.5 Å². The highest BCUT2D eigenvalue weighted by molar-refractivity contribution is 5.73. The van der Waals surface area contributed by atoms with Crippen molar-refractivity contribution in [2.24, 2.45) is 5.11 Å². The van der Waals surface area contributed by atoms with Crippen LogP contribution < -0.4 is 0 Å². The summed E-state index contributed by atoms with van der Waals surface area (Å²) in [4.78, 5) is 0. The zero-order chi connectivity index (χ0) is 30.9. The van der Waals surface area contributed by atoms with Crippen molar-refractivity contribution in [1.29, 1.82) is 0 Å². The minimum Gasteiger partial charge on any atom is -0.0906 e. The molecular weight excluding hydrogens is 520 g/mol. The van der Waals surface area contributed by atoms with Crippen molar-refractivity contribution >= 4 is 11.8 Å². The standard InChI is InChI=1S/C41H59N2/c1-7-12-16-18-23-34-27-28-38(32-36(34)21-13-8-2)42-43(6)39(11-5)30-33-29-37(22-14-9-3)40(26-15-10-4)41(31-33)35-24-19-17-20-25-35/h17,19-20,24-25,27-32H,7-16,18,21-23,26H2,1-6H3/q+1. The minimum atomic E-state index is 0.931. The Hall–Kier alpha value is -3.00. The van der Waals surface area contributed by atoms with Crippen LogP contribution in [0.4, 0.5) is 5.69 Å². The first-order valence-electron chi connectivity index (χ1n) is 17.5. The summed E-state index contributed by atoms with van der Waals surface area (Å²) in [7, 11) is 2.12. The minimum absolute atomic E-state index is 0.931. The fourth-order valence-corrected chi connectivity index (χ4v) is 6.07. The van der Waals surface area contributed by atoms with Gasteiger partial charge >= 0.3 is 0 Å². The summed E-state index contributed by atoms with van der Waals surface area (Å²) >= 11 is 0. The number of rotatable bonds is 19. The van der Waals surface area contributed by atoms with Gasteiger partial charge in [0.2, 0.25) is 5.70 Å². The summed E-state index contributed by atoms with van der Waals surface area (Å²) in [5.74, 6) is 0. The molecule has 2 heteroatoms. The molecule has 2 nitrogen and oxygen atoms in total. The molecule has 0 unspecified atom stereocenters. The maximum atomic E-state index is 5.12. The average molecular weight is 580 g/mol. The van der Waals surface area contributed by atoms with Gasteiger partial charge in [-0.2, -0.15) is 0 Å². The van der Waals surface area contributed by atoms with E-state index in [1.165, 1.54) is 110 Å². The monoisotopic (exact) mass is 579 g/mol. The maximum Gasteiger partial charge on any atom is 0.208 e. The lowest BCUT2D eigenvalue weighted by Gasteiger charge is -2.17. The molecule has 0 heterocycles. The predicted octanol–water partition coefficient (Wildman–Crippen LogP) is 12.7. The highest BCUT2D eigenvalue weighted by atomic mass is 15.3. The fraction of sp³-hybridized carbons (Fsp3) is 0.512. The first-order chi connectivity index (χ1) is 21.0. The second kappa shape index (κ2) is 19.3. The van der Waals surface area contributed by atoms with Crippen LogP contribution in [-0.2, 0) is 25.7 Å². The van der Waals surface area contributed by atoms with E-state index in [-0.39, 0.29) is 0 Å². The van der Waals surface area contributed by atoms with Crippen LogP contribution in [0.2, 0.25) is 0 Å². The predicted molar refractivity (Wildman–Crippen MR) is 189 cm³/mol. The molecule has 3 aromatic carbocycles. The molecule has 0 spiro atoms. The first-order valence-corrected chi connectivity index (χ1v) is 17.5. The van der Waals surface area contributed by atoms with Gasteiger partial charge in [0.05, 0.1) is 0 Å². The van der Waals surface area contributed by atoms with E-state index in [4.69, 9.17) is 5.11 Å². The highest BCUT2D eigenvalue weighted by Crippen LogP contribution is 2.32. The lowest BCUT2D eigenvalue weighted by atomic mass is 9.88. The Morgan fingerprint density at radius 2 is 1.28 bits per heavy atom. The van der Waals surface area contributed by atoms with Crippen molar-refractivity contribution < 1.29 is 4.70 Å². The van der Waals surface area contributed by atoms with Gasteiger partial charge in [-0.3, -0.25) is 0 Å². The normalized spacial score (nSPS) is 12.2. The SMILES string of the molecule is CCCCCCc1ccc(N=[N+](C)C(=Cc2cc(CCCC)c(CCCC)c(-c3ccccc3)c2)CC)cc1CCCC. The molecule has 0 atom stereocenters. The van der Waals surface area contributed by atoms with E-state index >= 15 is 0 Å². The van der Waals surface area contributed by atoms with Crippen LogP contribution in [-0.4, -0.2) is 11.7 Å². The lowest BCUT2D eigenvalue weighted by molar-refractivity contribution is -0.512. The Labute approximate surface area is 264 Å². The number of hydrogen-bond donors (Lipinski definition) is 0. The largest absolute Gasteiger partial charge is 0.208 e. The second-order valence-electron chi connectivity index (χ2n) is 12.3. The van der Waals surface area contributed by atoms with Gasteiger partial charge in [-0.25, -0.2) is 0 Å². The van der Waals surface area contributed by atoms with Gasteiger partial charge in [0.15, 0.2) is 7.05 Å². The first kappa shape index (κ1) is 34.5. The van der Waals surface area contributed by atoms with Gasteiger partial charge in [0.25, 0.3) is 0 Å². The molecule has 0 bridgehead atoms. The summed E-state index contributed by atoms with van der Waals surface area (Å²) in [5, 5.41) is 5.12. The zero-order valence-electron chi connectivity index (χ0n) is 28.4. The van der Waals surface area contributed by atoms with Crippen molar-refractivity contribution in [2.45, 2.75) is 131 Å². The van der Waals surface area contributed by atoms with E-state index in [2.05, 4.69) is 113 Å². The quantitative estimate of drug-likeness (QED) is 0.0762. The molecule has 0 fully saturated rings. The molecule has 0 amide bonds. The number of allylic oxidation sites excluding steroid dienone is 1. The Kier molecular flexibility index (Phi) is 15.5. The molecule has 0 radical (unpaired) electrons. The molecule has 0 aliphatic rings. The van der Waals surface area contributed by atoms with Crippen LogP contribution >= 0.6 is 0 Å². The summed E-state index contributed by atoms with van der Waals surface area (Å²) in [6.07, 6.45) is 20.5. The Morgan fingerprint density at radius 3 is 1.95 bits per heavy atom. The topological polar surface area (TPSA) is 15.4 Å². The van der Waals surface area contributed by atoms with E-state index in [1.54, 1.807) is 5.56 Å². The van der Waals surface area contributed by atoms with Gasteiger partial charge < -0.3 is 0 Å². The zero-order valence-corrected chi connectivity index (χ0v) is 28.4. The van der Waals surface area contributed by atoms with Crippen molar-refractivity contribution in [3.8, 4) is 11.1 Å². The third-order valence-corrected chi connectivity index (χ3v) is 8.70. The number of unbranched alkanes of at least 4 members (excludes halogenated alkanes) is 6. The summed E-state index contributed by atoms with van der Waals surface area (Å²) in [6.45, 7) is 11.4. The summed E-state index contributed by atoms with van der Waals surface area (Å²) in [5.41, 5.74) is 12.4. The summed E-state index contributed by atoms with van der Waals surface area (Å²) < 4.78 is 2.11. The number of hydrogen-bond acceptors (Lipinski definition) is 1. The number of benzene rings is 3. The van der Waals surface area contributed by atoms with Crippen molar-refractivity contribution in [1.82, 2.24) is 0 Å². The fourth-order valence-electron chi connectivity index (χ4n) is 6.07. The lowest BCUT2D eigenvalue weighted by Crippen LogP contribution is -2.03. The molecule has 232 valence electrons. The molecule has 0 saturated heterocycles. The molecular formula is C41H59N2+. The molecule has 0 aliphatic heterocycles. The molecule has 0 N–H and O–H groups in total. The van der Waals surface area contributed by atoms with Crippen molar-refractivity contribution in [3.63, 3.8) is 0 Å². The Morgan fingerprint density at radius 1 is 0.628 bits per heavy atom. The third-order valence-electron chi connectivity index (χ3n) is 8.70. The van der Waals surface area contributed by atoms with Gasteiger partial charge in [-0.05, 0) is 114 Å². The molecule has 0 aromatic heterocycles. The highest BCUT2D eigenvalue weighted by Gasteiger charge is 2.15. The Balaban J connectivity index is 2.00. The van der Waals surface area contributed by atoms with Gasteiger partial charge in [-0.15, -0.1) is 0 Å². The van der Waals surface area contributed by atoms with E-state index in [0.29, 0.717) is 0 Å². The van der Waals surface area contributed by atoms with Crippen LogP contribution in [0.3, 0.4) is 0 Å². The van der Waals surface area contributed by atoms with Crippen LogP contribution in [0.5, 0.6) is 0 Å². The molecule has 0 aliphatic carbocycles. The van der Waals surface area contributed by atoms with E-state index in [0.717, 1.165) is 31.4 Å². The maximum absolute atomic E-state index is 5.12. The van der Waals surface area contributed by atoms with E-state index < -0.39 is 0 Å². The van der Waals surface area contributed by atoms with Crippen molar-refractivity contribution in [3.05, 3.63) is 94.2 Å². The van der Waals surface area contributed by atoms with Gasteiger partial charge in [-0.1, -0.05) is 120 Å².